The highest BCUT2D eigenvalue weighted by atomic mass is 15.0. The molecule has 3 heterocycles. The molecule has 1 aliphatic rings. The minimum absolute atomic E-state index is 0.795. The first kappa shape index (κ1) is 36.3. The first-order chi connectivity index (χ1) is 31.8. The van der Waals surface area contributed by atoms with E-state index in [-0.39, 0.29) is 0 Å². The average molecular weight is 816 g/mol. The lowest BCUT2D eigenvalue weighted by Crippen LogP contribution is -2.02. The number of fused-ring (bicyclic) bond motifs is 9. The van der Waals surface area contributed by atoms with Gasteiger partial charge in [-0.3, -0.25) is 0 Å². The number of nitrogens with zero attached hydrogens (tertiary/aromatic N) is 3. The quantitative estimate of drug-likeness (QED) is 0.159. The second-order valence-corrected chi connectivity index (χ2v) is 16.9. The monoisotopic (exact) mass is 815 g/mol. The molecule has 0 atom stereocenters. The molecule has 0 radical (unpaired) electrons. The van der Waals surface area contributed by atoms with Crippen molar-refractivity contribution in [3.05, 3.63) is 247 Å². The van der Waals surface area contributed by atoms with Crippen molar-refractivity contribution in [2.75, 3.05) is 0 Å². The molecule has 64 heavy (non-hydrogen) atoms. The van der Waals surface area contributed by atoms with E-state index in [9.17, 15) is 0 Å². The van der Waals surface area contributed by atoms with E-state index in [1.807, 2.05) is 0 Å². The minimum Gasteiger partial charge on any atom is -0.312 e. The molecule has 0 unspecified atom stereocenters. The lowest BCUT2D eigenvalue weighted by atomic mass is 9.98. The number of hydrogen-bond acceptors (Lipinski definition) is 0. The summed E-state index contributed by atoms with van der Waals surface area (Å²) in [5.41, 5.74) is 19.3. The highest BCUT2D eigenvalue weighted by Crippen LogP contribution is 2.42. The van der Waals surface area contributed by atoms with E-state index >= 15 is 0 Å². The first-order valence-electron chi connectivity index (χ1n) is 22.2. The van der Waals surface area contributed by atoms with Crippen molar-refractivity contribution in [2.45, 2.75) is 6.42 Å². The Kier molecular flexibility index (Phi) is 8.28. The lowest BCUT2D eigenvalue weighted by Gasteiger charge is -2.16. The van der Waals surface area contributed by atoms with Crippen LogP contribution in [0.3, 0.4) is 0 Å². The van der Waals surface area contributed by atoms with Gasteiger partial charge in [-0.25, -0.2) is 0 Å². The standard InChI is InChI=1S/C61H41N3/c1-4-17-41(18-5-1)48-24-10-13-27-55(48)64-58-30-16-19-42(43-31-34-59-51(38-43)49-25-11-14-28-56(49)62(59)46-20-6-2-7-21-46)37-53(58)54-40-45(33-36-61(54)64)44-32-35-60-52(39-44)50-26-12-15-29-57(50)63(60)47-22-8-3-9-23-47/h1-29,31-40H,30H2. The Hall–Kier alpha value is -8.40. The highest BCUT2D eigenvalue weighted by molar-refractivity contribution is 6.12. The summed E-state index contributed by atoms with van der Waals surface area (Å²) in [6.45, 7) is 0. The topological polar surface area (TPSA) is 14.8 Å². The zero-order chi connectivity index (χ0) is 42.1. The van der Waals surface area contributed by atoms with Crippen LogP contribution >= 0.6 is 0 Å². The zero-order valence-electron chi connectivity index (χ0n) is 35.1. The molecule has 13 rings (SSSR count). The number of aromatic nitrogens is 3. The van der Waals surface area contributed by atoms with Crippen LogP contribution < -0.4 is 0 Å². The van der Waals surface area contributed by atoms with Gasteiger partial charge in [-0.2, -0.15) is 0 Å². The molecule has 3 nitrogen and oxygen atoms in total. The first-order valence-corrected chi connectivity index (χ1v) is 22.2. The predicted octanol–water partition coefficient (Wildman–Crippen LogP) is 15.8. The molecule has 0 spiro atoms. The molecular weight excluding hydrogens is 775 g/mol. The van der Waals surface area contributed by atoms with Gasteiger partial charge in [0, 0.05) is 61.5 Å². The van der Waals surface area contributed by atoms with Crippen molar-refractivity contribution in [2.24, 2.45) is 0 Å². The Morgan fingerprint density at radius 1 is 0.328 bits per heavy atom. The molecule has 0 bridgehead atoms. The van der Waals surface area contributed by atoms with Gasteiger partial charge in [-0.1, -0.05) is 152 Å². The van der Waals surface area contributed by atoms with Crippen LogP contribution in [0.5, 0.6) is 0 Å². The maximum absolute atomic E-state index is 2.52. The summed E-state index contributed by atoms with van der Waals surface area (Å²) in [6, 6.07) is 79.7. The predicted molar refractivity (Wildman–Crippen MR) is 270 cm³/mol. The van der Waals surface area contributed by atoms with Crippen molar-refractivity contribution in [1.29, 1.82) is 0 Å². The fraction of sp³-hybridized carbons (Fsp3) is 0.0164. The summed E-state index contributed by atoms with van der Waals surface area (Å²) >= 11 is 0. The van der Waals surface area contributed by atoms with E-state index in [4.69, 9.17) is 0 Å². The van der Waals surface area contributed by atoms with Crippen LogP contribution in [0.25, 0.3) is 105 Å². The van der Waals surface area contributed by atoms with Crippen molar-refractivity contribution < 1.29 is 0 Å². The van der Waals surface area contributed by atoms with Crippen LogP contribution in [0.15, 0.2) is 231 Å². The molecule has 1 aliphatic carbocycles. The number of hydrogen-bond donors (Lipinski definition) is 0. The summed E-state index contributed by atoms with van der Waals surface area (Å²) in [4.78, 5) is 0. The van der Waals surface area contributed by atoms with Gasteiger partial charge in [0.2, 0.25) is 0 Å². The normalized spacial score (nSPS) is 12.7. The number of para-hydroxylation sites is 5. The summed E-state index contributed by atoms with van der Waals surface area (Å²) < 4.78 is 7.30. The molecular formula is C61H41N3. The van der Waals surface area contributed by atoms with Gasteiger partial charge in [-0.05, 0) is 113 Å². The van der Waals surface area contributed by atoms with Gasteiger partial charge in [0.1, 0.15) is 0 Å². The van der Waals surface area contributed by atoms with Gasteiger partial charge >= 0.3 is 0 Å². The van der Waals surface area contributed by atoms with Gasteiger partial charge in [-0.15, -0.1) is 0 Å². The van der Waals surface area contributed by atoms with Crippen LogP contribution in [-0.4, -0.2) is 13.7 Å². The van der Waals surface area contributed by atoms with Crippen LogP contribution in [0.2, 0.25) is 0 Å². The van der Waals surface area contributed by atoms with E-state index in [1.165, 1.54) is 116 Å². The minimum atomic E-state index is 0.795. The Balaban J connectivity index is 1.03. The molecule has 0 fully saturated rings. The van der Waals surface area contributed by atoms with Crippen LogP contribution in [-0.2, 0) is 6.42 Å². The zero-order valence-corrected chi connectivity index (χ0v) is 35.1. The number of rotatable bonds is 6. The van der Waals surface area contributed by atoms with Crippen LogP contribution in [0, 0.1) is 0 Å². The van der Waals surface area contributed by atoms with E-state index in [1.54, 1.807) is 0 Å². The molecule has 0 N–H and O–H groups in total. The summed E-state index contributed by atoms with van der Waals surface area (Å²) in [6.07, 6.45) is 7.92. The Labute approximate surface area is 371 Å². The van der Waals surface area contributed by atoms with Crippen molar-refractivity contribution in [1.82, 2.24) is 13.7 Å². The Bertz CT molecular complexity index is 3840. The number of allylic oxidation sites excluding steroid dienone is 3. The maximum Gasteiger partial charge on any atom is 0.0541 e. The third-order valence-electron chi connectivity index (χ3n) is 13.3. The second kappa shape index (κ2) is 14.6. The molecule has 300 valence electrons. The van der Waals surface area contributed by atoms with Gasteiger partial charge in [0.25, 0.3) is 0 Å². The summed E-state index contributed by atoms with van der Waals surface area (Å²) in [5, 5.41) is 6.25. The molecule has 0 saturated carbocycles. The van der Waals surface area contributed by atoms with E-state index in [0.717, 1.165) is 6.42 Å². The third kappa shape index (κ3) is 5.68. The van der Waals surface area contributed by atoms with E-state index < -0.39 is 0 Å². The molecule has 9 aromatic carbocycles. The molecule has 3 aromatic heterocycles. The Morgan fingerprint density at radius 2 is 0.797 bits per heavy atom. The maximum atomic E-state index is 2.52. The molecule has 3 heteroatoms. The third-order valence-corrected chi connectivity index (χ3v) is 13.3. The summed E-state index contributed by atoms with van der Waals surface area (Å²) in [7, 11) is 0. The summed E-state index contributed by atoms with van der Waals surface area (Å²) in [5.74, 6) is 0. The largest absolute Gasteiger partial charge is 0.312 e. The fourth-order valence-electron chi connectivity index (χ4n) is 10.4. The lowest BCUT2D eigenvalue weighted by molar-refractivity contribution is 1.00. The fourth-order valence-corrected chi connectivity index (χ4v) is 10.4. The molecule has 0 saturated heterocycles. The van der Waals surface area contributed by atoms with Crippen molar-refractivity contribution >= 4 is 66.2 Å². The van der Waals surface area contributed by atoms with Crippen LogP contribution in [0.4, 0.5) is 0 Å². The highest BCUT2D eigenvalue weighted by Gasteiger charge is 2.23. The Morgan fingerprint density at radius 3 is 1.42 bits per heavy atom. The van der Waals surface area contributed by atoms with Crippen molar-refractivity contribution in [3.8, 4) is 39.3 Å². The van der Waals surface area contributed by atoms with Gasteiger partial charge < -0.3 is 13.7 Å². The second-order valence-electron chi connectivity index (χ2n) is 16.9. The van der Waals surface area contributed by atoms with Gasteiger partial charge in [0.15, 0.2) is 0 Å². The van der Waals surface area contributed by atoms with Gasteiger partial charge in [0.05, 0.1) is 33.3 Å². The average Bonchev–Trinajstić information content (AvgIpc) is 3.92. The SMILES string of the molecule is C1=CC(c2ccc3c(c2)c2ccccc2n3-c2ccccc2)=Cc2c(n(-c3ccccc3-c3ccccc3)c3ccc(-c4ccc5c(c4)c4ccccc4n5-c4ccccc4)cc23)C1. The molecule has 12 aromatic rings. The molecule has 0 amide bonds. The van der Waals surface area contributed by atoms with E-state index in [2.05, 4.69) is 250 Å². The van der Waals surface area contributed by atoms with E-state index in [0.29, 0.717) is 0 Å². The molecule has 0 aliphatic heterocycles. The number of benzene rings is 9. The van der Waals surface area contributed by atoms with Crippen molar-refractivity contribution in [3.63, 3.8) is 0 Å². The van der Waals surface area contributed by atoms with Crippen LogP contribution in [0.1, 0.15) is 16.8 Å². The smallest absolute Gasteiger partial charge is 0.0541 e.